The van der Waals surface area contributed by atoms with Gasteiger partial charge in [-0.15, -0.1) is 0 Å². The minimum atomic E-state index is -1.18. The number of nitrogens with one attached hydrogen (secondary N) is 3. The van der Waals surface area contributed by atoms with Crippen LogP contribution in [0.25, 0.3) is 0 Å². The summed E-state index contributed by atoms with van der Waals surface area (Å²) in [6.07, 6.45) is -0.117. The molecule has 0 aliphatic carbocycles. The van der Waals surface area contributed by atoms with Gasteiger partial charge in [0, 0.05) is 0 Å². The molecule has 3 unspecified atom stereocenters. The monoisotopic (exact) mass is 373 g/mol. The summed E-state index contributed by atoms with van der Waals surface area (Å²) in [6.45, 7) is 4.55. The third-order valence-corrected chi connectivity index (χ3v) is 3.27. The molecule has 0 fully saturated rings. The third-order valence-electron chi connectivity index (χ3n) is 3.27. The van der Waals surface area contributed by atoms with E-state index in [1.54, 1.807) is 0 Å². The summed E-state index contributed by atoms with van der Waals surface area (Å²) < 4.78 is 0. The number of hydrogen-bond donors (Lipinski definition) is 6. The predicted octanol–water partition coefficient (Wildman–Crippen LogP) is -2.57. The van der Waals surface area contributed by atoms with Crippen LogP contribution in [0.3, 0.4) is 0 Å². The molecule has 0 rings (SSSR count). The number of carbonyl (C=O) groups excluding carboxylic acids is 4. The number of amides is 4. The molecule has 0 spiro atoms. The Morgan fingerprint density at radius 2 is 1.58 bits per heavy atom. The standard InChI is InChI=1S/C15H27N5O6/c1-7(2)4-10(15(25)26)20-12(22)6-18-13(23)8(3)19-14(24)9(16)5-11(17)21/h7-10H,4-6,16H2,1-3H3,(H2,17,21)(H,18,23)(H,19,24)(H,20,22)(H,25,26). The lowest BCUT2D eigenvalue weighted by atomic mass is 10.0. The minimum absolute atomic E-state index is 0.0610. The Hall–Kier alpha value is -2.69. The number of primary amides is 1. The van der Waals surface area contributed by atoms with E-state index in [4.69, 9.17) is 16.6 Å². The maximum Gasteiger partial charge on any atom is 0.326 e. The summed E-state index contributed by atoms with van der Waals surface area (Å²) in [5, 5.41) is 15.9. The normalized spacial score (nSPS) is 14.0. The van der Waals surface area contributed by atoms with Gasteiger partial charge >= 0.3 is 5.97 Å². The van der Waals surface area contributed by atoms with E-state index in [9.17, 15) is 24.0 Å². The van der Waals surface area contributed by atoms with Gasteiger partial charge in [0.15, 0.2) is 0 Å². The fraction of sp³-hybridized carbons (Fsp3) is 0.667. The van der Waals surface area contributed by atoms with Gasteiger partial charge in [0.1, 0.15) is 12.1 Å². The summed E-state index contributed by atoms with van der Waals surface area (Å²) in [7, 11) is 0. The van der Waals surface area contributed by atoms with Crippen molar-refractivity contribution in [3.8, 4) is 0 Å². The van der Waals surface area contributed by atoms with E-state index >= 15 is 0 Å². The zero-order valence-electron chi connectivity index (χ0n) is 15.1. The first-order valence-corrected chi connectivity index (χ1v) is 8.08. The Morgan fingerprint density at radius 3 is 2.04 bits per heavy atom. The molecule has 26 heavy (non-hydrogen) atoms. The highest BCUT2D eigenvalue weighted by atomic mass is 16.4. The van der Waals surface area contributed by atoms with Gasteiger partial charge in [-0.05, 0) is 19.3 Å². The number of aliphatic carboxylic acids is 1. The fourth-order valence-electron chi connectivity index (χ4n) is 1.95. The first-order chi connectivity index (χ1) is 11.9. The first kappa shape index (κ1) is 23.3. The van der Waals surface area contributed by atoms with Crippen LogP contribution < -0.4 is 27.4 Å². The summed E-state index contributed by atoms with van der Waals surface area (Å²) >= 11 is 0. The van der Waals surface area contributed by atoms with Crippen molar-refractivity contribution >= 4 is 29.6 Å². The number of hydrogen-bond acceptors (Lipinski definition) is 6. The Morgan fingerprint density at radius 1 is 1.00 bits per heavy atom. The Kier molecular flexibility index (Phi) is 9.89. The quantitative estimate of drug-likeness (QED) is 0.229. The topological polar surface area (TPSA) is 194 Å². The molecule has 0 saturated heterocycles. The fourth-order valence-corrected chi connectivity index (χ4v) is 1.95. The zero-order chi connectivity index (χ0) is 20.4. The highest BCUT2D eigenvalue weighted by molar-refractivity contribution is 5.93. The molecule has 0 radical (unpaired) electrons. The highest BCUT2D eigenvalue weighted by Gasteiger charge is 2.23. The van der Waals surface area contributed by atoms with Gasteiger partial charge in [-0.3, -0.25) is 19.2 Å². The van der Waals surface area contributed by atoms with Gasteiger partial charge in [0.2, 0.25) is 23.6 Å². The van der Waals surface area contributed by atoms with Gasteiger partial charge < -0.3 is 32.5 Å². The van der Waals surface area contributed by atoms with Crippen LogP contribution in [-0.4, -0.2) is 59.4 Å². The molecule has 0 aromatic rings. The molecule has 0 aromatic heterocycles. The lowest BCUT2D eigenvalue weighted by Gasteiger charge is -2.18. The van der Waals surface area contributed by atoms with Gasteiger partial charge in [0.05, 0.1) is 19.0 Å². The van der Waals surface area contributed by atoms with E-state index in [0.29, 0.717) is 0 Å². The van der Waals surface area contributed by atoms with E-state index in [1.165, 1.54) is 6.92 Å². The maximum absolute atomic E-state index is 11.9. The molecule has 3 atom stereocenters. The van der Waals surface area contributed by atoms with Crippen LogP contribution in [0.4, 0.5) is 0 Å². The molecule has 4 amide bonds. The molecule has 0 heterocycles. The number of carbonyl (C=O) groups is 5. The molecule has 0 bridgehead atoms. The largest absolute Gasteiger partial charge is 0.480 e. The lowest BCUT2D eigenvalue weighted by Crippen LogP contribution is -2.53. The van der Waals surface area contributed by atoms with Gasteiger partial charge in [-0.25, -0.2) is 4.79 Å². The maximum atomic E-state index is 11.9. The molecule has 8 N–H and O–H groups in total. The second-order valence-electron chi connectivity index (χ2n) is 6.31. The van der Waals surface area contributed by atoms with E-state index < -0.39 is 54.3 Å². The SMILES string of the molecule is CC(C)CC(NC(=O)CNC(=O)C(C)NC(=O)C(N)CC(N)=O)C(=O)O. The smallest absolute Gasteiger partial charge is 0.326 e. The summed E-state index contributed by atoms with van der Waals surface area (Å²) in [5.41, 5.74) is 10.4. The van der Waals surface area contributed by atoms with Crippen LogP contribution in [0, 0.1) is 5.92 Å². The Labute approximate surface area is 151 Å². The van der Waals surface area contributed by atoms with Crippen molar-refractivity contribution in [3.05, 3.63) is 0 Å². The molecule has 0 aliphatic heterocycles. The van der Waals surface area contributed by atoms with E-state index in [1.807, 2.05) is 13.8 Å². The van der Waals surface area contributed by atoms with Crippen LogP contribution in [0.2, 0.25) is 0 Å². The Balaban J connectivity index is 4.41. The number of carboxylic acid groups (broad SMARTS) is 1. The van der Waals surface area contributed by atoms with Crippen LogP contribution in [0.5, 0.6) is 0 Å². The second-order valence-corrected chi connectivity index (χ2v) is 6.31. The molecule has 11 heteroatoms. The van der Waals surface area contributed by atoms with Crippen molar-refractivity contribution in [1.82, 2.24) is 16.0 Å². The van der Waals surface area contributed by atoms with Crippen molar-refractivity contribution in [2.75, 3.05) is 6.54 Å². The van der Waals surface area contributed by atoms with Crippen LogP contribution in [-0.2, 0) is 24.0 Å². The lowest BCUT2D eigenvalue weighted by molar-refractivity contribution is -0.142. The molecule has 11 nitrogen and oxygen atoms in total. The second kappa shape index (κ2) is 11.0. The van der Waals surface area contributed by atoms with Gasteiger partial charge in [-0.1, -0.05) is 13.8 Å². The van der Waals surface area contributed by atoms with Crippen LogP contribution in [0.1, 0.15) is 33.6 Å². The van der Waals surface area contributed by atoms with E-state index in [0.717, 1.165) is 0 Å². The average molecular weight is 373 g/mol. The highest BCUT2D eigenvalue weighted by Crippen LogP contribution is 2.04. The number of nitrogens with two attached hydrogens (primary N) is 2. The predicted molar refractivity (Wildman–Crippen MR) is 91.4 cm³/mol. The van der Waals surface area contributed by atoms with Crippen molar-refractivity contribution in [2.24, 2.45) is 17.4 Å². The number of rotatable bonds is 11. The molecular formula is C15H27N5O6. The minimum Gasteiger partial charge on any atom is -0.480 e. The van der Waals surface area contributed by atoms with Crippen molar-refractivity contribution in [2.45, 2.75) is 51.7 Å². The van der Waals surface area contributed by atoms with Gasteiger partial charge in [0.25, 0.3) is 0 Å². The summed E-state index contributed by atoms with van der Waals surface area (Å²) in [4.78, 5) is 57.1. The van der Waals surface area contributed by atoms with E-state index in [-0.39, 0.29) is 18.8 Å². The third kappa shape index (κ3) is 9.57. The zero-order valence-corrected chi connectivity index (χ0v) is 15.1. The molecular weight excluding hydrogens is 346 g/mol. The number of carboxylic acids is 1. The van der Waals surface area contributed by atoms with Crippen molar-refractivity contribution < 1.29 is 29.1 Å². The molecule has 0 aromatic carbocycles. The molecule has 0 saturated carbocycles. The Bertz CT molecular complexity index is 551. The summed E-state index contributed by atoms with van der Waals surface area (Å²) in [6, 6.07) is -3.25. The molecule has 148 valence electrons. The van der Waals surface area contributed by atoms with Crippen LogP contribution >= 0.6 is 0 Å². The summed E-state index contributed by atoms with van der Waals surface area (Å²) in [5.74, 6) is -3.94. The van der Waals surface area contributed by atoms with Crippen LogP contribution in [0.15, 0.2) is 0 Å². The first-order valence-electron chi connectivity index (χ1n) is 8.08. The van der Waals surface area contributed by atoms with Crippen molar-refractivity contribution in [1.29, 1.82) is 0 Å². The van der Waals surface area contributed by atoms with Crippen molar-refractivity contribution in [3.63, 3.8) is 0 Å². The van der Waals surface area contributed by atoms with E-state index in [2.05, 4.69) is 16.0 Å². The molecule has 0 aliphatic rings. The average Bonchev–Trinajstić information content (AvgIpc) is 2.50. The van der Waals surface area contributed by atoms with Gasteiger partial charge in [-0.2, -0.15) is 0 Å².